The first-order chi connectivity index (χ1) is 4.68. The summed E-state index contributed by atoms with van der Waals surface area (Å²) in [6.07, 6.45) is 5.37. The minimum atomic E-state index is -0.594. The van der Waals surface area contributed by atoms with Gasteiger partial charge in [0.1, 0.15) is 0 Å². The summed E-state index contributed by atoms with van der Waals surface area (Å²) in [5.74, 6) is 0. The van der Waals surface area contributed by atoms with Gasteiger partial charge in [0.05, 0.1) is 5.60 Å². The summed E-state index contributed by atoms with van der Waals surface area (Å²) in [4.78, 5) is 0. The van der Waals surface area contributed by atoms with E-state index in [0.717, 1.165) is 25.7 Å². The molecule has 0 aliphatic heterocycles. The first-order valence-electron chi connectivity index (χ1n) is 4.04. The zero-order chi connectivity index (χ0) is 8.04. The van der Waals surface area contributed by atoms with Crippen LogP contribution in [0, 0.1) is 0 Å². The number of rotatable bonds is 5. The molecule has 0 saturated heterocycles. The maximum absolute atomic E-state index is 9.70. The van der Waals surface area contributed by atoms with Crippen LogP contribution in [0.4, 0.5) is 0 Å². The molecule has 0 aromatic heterocycles. The second-order valence-electron chi connectivity index (χ2n) is 2.81. The monoisotopic (exact) mass is 142 g/mol. The Morgan fingerprint density at radius 2 is 1.70 bits per heavy atom. The highest BCUT2D eigenvalue weighted by molar-refractivity contribution is 4.94. The van der Waals surface area contributed by atoms with Crippen molar-refractivity contribution in [1.82, 2.24) is 0 Å². The van der Waals surface area contributed by atoms with Crippen molar-refractivity contribution in [3.05, 3.63) is 12.7 Å². The first-order valence-corrected chi connectivity index (χ1v) is 4.04. The Kier molecular flexibility index (Phi) is 4.37. The van der Waals surface area contributed by atoms with E-state index < -0.39 is 5.60 Å². The molecule has 1 N–H and O–H groups in total. The van der Waals surface area contributed by atoms with Gasteiger partial charge < -0.3 is 5.11 Å². The van der Waals surface area contributed by atoms with E-state index in [4.69, 9.17) is 0 Å². The zero-order valence-corrected chi connectivity index (χ0v) is 7.06. The van der Waals surface area contributed by atoms with Crippen molar-refractivity contribution in [2.45, 2.75) is 45.1 Å². The lowest BCUT2D eigenvalue weighted by Gasteiger charge is -2.22. The van der Waals surface area contributed by atoms with Crippen LogP contribution in [0.3, 0.4) is 0 Å². The van der Waals surface area contributed by atoms with Crippen molar-refractivity contribution in [3.8, 4) is 0 Å². The van der Waals surface area contributed by atoms with Gasteiger partial charge in [0.15, 0.2) is 0 Å². The highest BCUT2D eigenvalue weighted by Crippen LogP contribution is 2.19. The van der Waals surface area contributed by atoms with Gasteiger partial charge in [0.25, 0.3) is 0 Å². The van der Waals surface area contributed by atoms with Crippen LogP contribution in [0.25, 0.3) is 0 Å². The predicted molar refractivity (Wildman–Crippen MR) is 45.0 cm³/mol. The summed E-state index contributed by atoms with van der Waals surface area (Å²) in [6.45, 7) is 7.77. The zero-order valence-electron chi connectivity index (χ0n) is 7.06. The van der Waals surface area contributed by atoms with Crippen molar-refractivity contribution in [2.75, 3.05) is 0 Å². The molecule has 1 heteroatoms. The average molecular weight is 142 g/mol. The van der Waals surface area contributed by atoms with Gasteiger partial charge in [-0.1, -0.05) is 32.8 Å². The molecule has 1 nitrogen and oxygen atoms in total. The van der Waals surface area contributed by atoms with Crippen LogP contribution in [0.15, 0.2) is 12.7 Å². The summed E-state index contributed by atoms with van der Waals surface area (Å²) in [6, 6.07) is 0. The lowest BCUT2D eigenvalue weighted by molar-refractivity contribution is 0.0710. The molecule has 0 radical (unpaired) electrons. The van der Waals surface area contributed by atoms with E-state index >= 15 is 0 Å². The van der Waals surface area contributed by atoms with Crippen molar-refractivity contribution < 1.29 is 5.11 Å². The van der Waals surface area contributed by atoms with E-state index in [9.17, 15) is 5.11 Å². The van der Waals surface area contributed by atoms with Gasteiger partial charge in [-0.3, -0.25) is 0 Å². The van der Waals surface area contributed by atoms with Crippen LogP contribution in [-0.2, 0) is 0 Å². The fourth-order valence-corrected chi connectivity index (χ4v) is 1.19. The minimum Gasteiger partial charge on any atom is -0.386 e. The van der Waals surface area contributed by atoms with Crippen LogP contribution in [-0.4, -0.2) is 10.7 Å². The fraction of sp³-hybridized carbons (Fsp3) is 0.778. The molecule has 0 rings (SSSR count). The van der Waals surface area contributed by atoms with Gasteiger partial charge in [-0.2, -0.15) is 0 Å². The van der Waals surface area contributed by atoms with Gasteiger partial charge in [-0.05, 0) is 12.8 Å². The molecule has 0 unspecified atom stereocenters. The third-order valence-electron chi connectivity index (χ3n) is 1.75. The Morgan fingerprint density at radius 1 is 1.30 bits per heavy atom. The normalized spacial score (nSPS) is 11.5. The van der Waals surface area contributed by atoms with Crippen LogP contribution >= 0.6 is 0 Å². The molecule has 0 heterocycles. The molecule has 0 atom stereocenters. The Balaban J connectivity index is 3.81. The van der Waals surface area contributed by atoms with E-state index in [1.54, 1.807) is 6.08 Å². The van der Waals surface area contributed by atoms with E-state index in [-0.39, 0.29) is 0 Å². The molecule has 0 aliphatic rings. The second kappa shape index (κ2) is 4.51. The van der Waals surface area contributed by atoms with Gasteiger partial charge in [-0.15, -0.1) is 6.58 Å². The lowest BCUT2D eigenvalue weighted by atomic mass is 9.93. The van der Waals surface area contributed by atoms with E-state index in [0.29, 0.717) is 0 Å². The molecule has 0 bridgehead atoms. The molecule has 10 heavy (non-hydrogen) atoms. The summed E-state index contributed by atoms with van der Waals surface area (Å²) >= 11 is 0. The van der Waals surface area contributed by atoms with Crippen LogP contribution < -0.4 is 0 Å². The summed E-state index contributed by atoms with van der Waals surface area (Å²) in [7, 11) is 0. The number of hydrogen-bond donors (Lipinski definition) is 1. The molecule has 0 aromatic carbocycles. The van der Waals surface area contributed by atoms with Crippen LogP contribution in [0.2, 0.25) is 0 Å². The largest absolute Gasteiger partial charge is 0.386 e. The first kappa shape index (κ1) is 9.70. The summed E-state index contributed by atoms with van der Waals surface area (Å²) in [5.41, 5.74) is -0.594. The Hall–Kier alpha value is -0.300. The minimum absolute atomic E-state index is 0.594. The molecular weight excluding hydrogens is 124 g/mol. The number of hydrogen-bond acceptors (Lipinski definition) is 1. The third-order valence-corrected chi connectivity index (χ3v) is 1.75. The molecule has 0 amide bonds. The standard InChI is InChI=1S/C9H18O/c1-4-7-9(10,6-3)8-5-2/h6,10H,3-5,7-8H2,1-2H3. The van der Waals surface area contributed by atoms with Crippen LogP contribution in [0.5, 0.6) is 0 Å². The quantitative estimate of drug-likeness (QED) is 0.585. The average Bonchev–Trinajstić information content (AvgIpc) is 1.89. The van der Waals surface area contributed by atoms with Gasteiger partial charge >= 0.3 is 0 Å². The topological polar surface area (TPSA) is 20.2 Å². The van der Waals surface area contributed by atoms with E-state index in [1.165, 1.54) is 0 Å². The van der Waals surface area contributed by atoms with Gasteiger partial charge in [-0.25, -0.2) is 0 Å². The van der Waals surface area contributed by atoms with Crippen molar-refractivity contribution in [1.29, 1.82) is 0 Å². The van der Waals surface area contributed by atoms with Crippen molar-refractivity contribution >= 4 is 0 Å². The van der Waals surface area contributed by atoms with E-state index in [1.807, 2.05) is 0 Å². The summed E-state index contributed by atoms with van der Waals surface area (Å²) < 4.78 is 0. The SMILES string of the molecule is C=CC(O)(CCC)CCC. The molecule has 0 aliphatic carbocycles. The predicted octanol–water partition coefficient (Wildman–Crippen LogP) is 2.50. The molecule has 60 valence electrons. The Morgan fingerprint density at radius 3 is 1.90 bits per heavy atom. The molecular formula is C9H18O. The van der Waals surface area contributed by atoms with E-state index in [2.05, 4.69) is 20.4 Å². The maximum atomic E-state index is 9.70. The smallest absolute Gasteiger partial charge is 0.0824 e. The second-order valence-corrected chi connectivity index (χ2v) is 2.81. The lowest BCUT2D eigenvalue weighted by Crippen LogP contribution is -2.24. The van der Waals surface area contributed by atoms with Gasteiger partial charge in [0, 0.05) is 0 Å². The third kappa shape index (κ3) is 3.02. The Labute approximate surface area is 63.8 Å². The highest BCUT2D eigenvalue weighted by atomic mass is 16.3. The maximum Gasteiger partial charge on any atom is 0.0824 e. The molecule has 0 fully saturated rings. The fourth-order valence-electron chi connectivity index (χ4n) is 1.19. The van der Waals surface area contributed by atoms with Gasteiger partial charge in [0.2, 0.25) is 0 Å². The Bertz CT molecular complexity index is 90.9. The highest BCUT2D eigenvalue weighted by Gasteiger charge is 2.19. The van der Waals surface area contributed by atoms with Crippen molar-refractivity contribution in [3.63, 3.8) is 0 Å². The molecule has 0 saturated carbocycles. The number of aliphatic hydroxyl groups is 1. The molecule has 0 spiro atoms. The van der Waals surface area contributed by atoms with Crippen molar-refractivity contribution in [2.24, 2.45) is 0 Å². The summed E-state index contributed by atoms with van der Waals surface area (Å²) in [5, 5.41) is 9.70. The molecule has 0 aromatic rings. The van der Waals surface area contributed by atoms with Crippen LogP contribution in [0.1, 0.15) is 39.5 Å².